The highest BCUT2D eigenvalue weighted by Crippen LogP contribution is 2.35. The molecule has 3 aromatic carbocycles. The fourth-order valence-electron chi connectivity index (χ4n) is 3.42. The number of nitrogens with zero attached hydrogens (tertiary/aromatic N) is 1. The summed E-state index contributed by atoms with van der Waals surface area (Å²) in [5, 5.41) is 0. The summed E-state index contributed by atoms with van der Waals surface area (Å²) in [5.74, 6) is -4.51. The lowest BCUT2D eigenvalue weighted by atomic mass is 9.97. The molecule has 0 unspecified atom stereocenters. The minimum Gasteiger partial charge on any atom is -0.487 e. The smallest absolute Gasteiger partial charge is 0.456 e. The molecule has 4 rings (SSSR count). The number of fused-ring (bicyclic) bond motifs is 1. The highest BCUT2D eigenvalue weighted by Gasteiger charge is 2.58. The minimum absolute atomic E-state index is 0.0307. The van der Waals surface area contributed by atoms with E-state index in [9.17, 15) is 26.7 Å². The number of hydrogen-bond acceptors (Lipinski definition) is 3. The number of Topliss-reactive ketones (excluding diaryl/α,β-unsaturated/α-hetero) is 1. The molecule has 9 heteroatoms. The molecule has 0 fully saturated rings. The fraction of sp³-hybridized carbons (Fsp3) is 0.154. The van der Waals surface area contributed by atoms with E-state index in [1.54, 1.807) is 18.2 Å². The number of nitrogens with one attached hydrogen (secondary N) is 1. The van der Waals surface area contributed by atoms with Gasteiger partial charge in [0.15, 0.2) is 12.4 Å². The molecule has 1 aromatic heterocycles. The normalized spacial score (nSPS) is 12.4. The van der Waals surface area contributed by atoms with E-state index in [-0.39, 0.29) is 11.5 Å². The van der Waals surface area contributed by atoms with Crippen LogP contribution in [-0.4, -0.2) is 34.5 Å². The fourth-order valence-corrected chi connectivity index (χ4v) is 3.42. The zero-order valence-corrected chi connectivity index (χ0v) is 18.4. The predicted molar refractivity (Wildman–Crippen MR) is 123 cm³/mol. The van der Waals surface area contributed by atoms with E-state index in [4.69, 9.17) is 0 Å². The van der Waals surface area contributed by atoms with Gasteiger partial charge < -0.3 is 9.72 Å². The molecule has 4 nitrogen and oxygen atoms in total. The van der Waals surface area contributed by atoms with Crippen molar-refractivity contribution in [3.63, 3.8) is 0 Å². The largest absolute Gasteiger partial charge is 0.487 e. The van der Waals surface area contributed by atoms with E-state index in [0.29, 0.717) is 22.5 Å². The lowest BCUT2D eigenvalue weighted by Crippen LogP contribution is -2.41. The van der Waals surface area contributed by atoms with E-state index < -0.39 is 18.7 Å². The van der Waals surface area contributed by atoms with Crippen molar-refractivity contribution in [3.8, 4) is 16.9 Å². The van der Waals surface area contributed by atoms with Gasteiger partial charge >= 0.3 is 12.1 Å². The first-order valence-electron chi connectivity index (χ1n) is 10.5. The van der Waals surface area contributed by atoms with Gasteiger partial charge in [0, 0.05) is 5.56 Å². The zero-order chi connectivity index (χ0) is 25.2. The Hall–Kier alpha value is -4.01. The Kier molecular flexibility index (Phi) is 6.43. The van der Waals surface area contributed by atoms with Gasteiger partial charge in [0.2, 0.25) is 0 Å². The van der Waals surface area contributed by atoms with Crippen molar-refractivity contribution in [1.82, 2.24) is 9.97 Å². The number of halogens is 5. The molecule has 0 saturated carbocycles. The van der Waals surface area contributed by atoms with Crippen LogP contribution in [0.2, 0.25) is 0 Å². The average molecular weight is 486 g/mol. The second-order valence-corrected chi connectivity index (χ2v) is 7.85. The van der Waals surface area contributed by atoms with Crippen LogP contribution in [0.25, 0.3) is 34.3 Å². The number of ether oxygens (including phenoxy) is 1. The average Bonchev–Trinajstić information content (AvgIpc) is 3.23. The van der Waals surface area contributed by atoms with Crippen molar-refractivity contribution in [2.75, 3.05) is 6.61 Å². The molecule has 1 N–H and O–H groups in total. The van der Waals surface area contributed by atoms with E-state index in [1.807, 2.05) is 36.4 Å². The van der Waals surface area contributed by atoms with Crippen LogP contribution in [0, 0.1) is 0 Å². The number of aromatic amines is 1. The number of carbonyl (C=O) groups excluding carboxylic acids is 1. The molecule has 180 valence electrons. The summed E-state index contributed by atoms with van der Waals surface area (Å²) >= 11 is 0. The van der Waals surface area contributed by atoms with Crippen molar-refractivity contribution in [3.05, 3.63) is 83.7 Å². The SMILES string of the molecule is CC(=O)c1ccccc1-c1ccc2[nH]c(/C=C/c3ccc(OCC(F)(F)C(F)(F)F)cc3)nc2c1. The third kappa shape index (κ3) is 5.40. The Morgan fingerprint density at radius 3 is 2.37 bits per heavy atom. The second-order valence-electron chi connectivity index (χ2n) is 7.85. The molecule has 0 saturated heterocycles. The Bertz CT molecular complexity index is 1390. The number of aromatic nitrogens is 2. The molecule has 0 spiro atoms. The number of hydrogen-bond donors (Lipinski definition) is 1. The van der Waals surface area contributed by atoms with Crippen molar-refractivity contribution in [2.24, 2.45) is 0 Å². The Labute approximate surface area is 197 Å². The van der Waals surface area contributed by atoms with Gasteiger partial charge in [0.25, 0.3) is 0 Å². The van der Waals surface area contributed by atoms with Crippen molar-refractivity contribution in [2.45, 2.75) is 19.0 Å². The van der Waals surface area contributed by atoms with E-state index in [0.717, 1.165) is 16.6 Å². The molecule has 35 heavy (non-hydrogen) atoms. The molecule has 0 atom stereocenters. The summed E-state index contributed by atoms with van der Waals surface area (Å²) in [7, 11) is 0. The van der Waals surface area contributed by atoms with Crippen LogP contribution in [0.5, 0.6) is 5.75 Å². The topological polar surface area (TPSA) is 55.0 Å². The van der Waals surface area contributed by atoms with Gasteiger partial charge in [0.1, 0.15) is 11.6 Å². The summed E-state index contributed by atoms with van der Waals surface area (Å²) < 4.78 is 67.3. The first kappa shape index (κ1) is 24.1. The summed E-state index contributed by atoms with van der Waals surface area (Å²) in [6.45, 7) is -0.269. The highest BCUT2D eigenvalue weighted by molar-refractivity contribution is 6.01. The summed E-state index contributed by atoms with van der Waals surface area (Å²) in [5.41, 5.74) is 4.46. The van der Waals surface area contributed by atoms with Crippen LogP contribution in [0.4, 0.5) is 22.0 Å². The molecular formula is C26H19F5N2O2. The van der Waals surface area contributed by atoms with Gasteiger partial charge in [-0.3, -0.25) is 4.79 Å². The third-order valence-electron chi connectivity index (χ3n) is 5.27. The highest BCUT2D eigenvalue weighted by atomic mass is 19.4. The molecule has 1 heterocycles. The lowest BCUT2D eigenvalue weighted by molar-refractivity contribution is -0.290. The lowest BCUT2D eigenvalue weighted by Gasteiger charge is -2.19. The first-order chi connectivity index (χ1) is 16.5. The summed E-state index contributed by atoms with van der Waals surface area (Å²) in [6, 6.07) is 18.7. The van der Waals surface area contributed by atoms with Gasteiger partial charge in [-0.15, -0.1) is 0 Å². The molecule has 0 bridgehead atoms. The van der Waals surface area contributed by atoms with E-state index >= 15 is 0 Å². The summed E-state index contributed by atoms with van der Waals surface area (Å²) in [6.07, 6.45) is -2.26. The van der Waals surface area contributed by atoms with Gasteiger partial charge in [-0.2, -0.15) is 22.0 Å². The standard InChI is InChI=1S/C26H19F5N2O2/c1-16(34)20-4-2-3-5-21(20)18-9-12-22-23(14-18)33-24(32-22)13-8-17-6-10-19(11-7-17)35-15-25(27,28)26(29,30)31/h2-14H,15H2,1H3,(H,32,33)/b13-8+. The number of rotatable bonds is 7. The number of ketones is 1. The Morgan fingerprint density at radius 2 is 1.69 bits per heavy atom. The van der Waals surface area contributed by atoms with E-state index in [2.05, 4.69) is 14.7 Å². The molecule has 0 radical (unpaired) electrons. The van der Waals surface area contributed by atoms with Crippen molar-refractivity contribution < 1.29 is 31.5 Å². The summed E-state index contributed by atoms with van der Waals surface area (Å²) in [4.78, 5) is 19.7. The molecular weight excluding hydrogens is 467 g/mol. The van der Waals surface area contributed by atoms with E-state index in [1.165, 1.54) is 31.2 Å². The minimum atomic E-state index is -5.67. The molecule has 0 aliphatic carbocycles. The third-order valence-corrected chi connectivity index (χ3v) is 5.27. The van der Waals surface area contributed by atoms with Crippen LogP contribution >= 0.6 is 0 Å². The predicted octanol–water partition coefficient (Wildman–Crippen LogP) is 7.18. The van der Waals surface area contributed by atoms with Crippen LogP contribution in [0.3, 0.4) is 0 Å². The maximum Gasteiger partial charge on any atom is 0.456 e. The van der Waals surface area contributed by atoms with Crippen LogP contribution in [-0.2, 0) is 0 Å². The maximum absolute atomic E-state index is 13.0. The Morgan fingerprint density at radius 1 is 0.971 bits per heavy atom. The number of benzene rings is 3. The quantitative estimate of drug-likeness (QED) is 0.222. The van der Waals surface area contributed by atoms with Crippen LogP contribution in [0.15, 0.2) is 66.7 Å². The van der Waals surface area contributed by atoms with Gasteiger partial charge in [0.05, 0.1) is 11.0 Å². The van der Waals surface area contributed by atoms with Crippen molar-refractivity contribution >= 4 is 29.0 Å². The molecule has 0 aliphatic rings. The zero-order valence-electron chi connectivity index (χ0n) is 18.4. The monoisotopic (exact) mass is 486 g/mol. The maximum atomic E-state index is 13.0. The van der Waals surface area contributed by atoms with Gasteiger partial charge in [-0.05, 0) is 54.0 Å². The van der Waals surface area contributed by atoms with Crippen LogP contribution in [0.1, 0.15) is 28.7 Å². The first-order valence-corrected chi connectivity index (χ1v) is 10.5. The second kappa shape index (κ2) is 9.32. The number of carbonyl (C=O) groups is 1. The van der Waals surface area contributed by atoms with Gasteiger partial charge in [-0.25, -0.2) is 4.98 Å². The number of alkyl halides is 5. The molecule has 4 aromatic rings. The van der Waals surface area contributed by atoms with Gasteiger partial charge in [-0.1, -0.05) is 48.5 Å². The van der Waals surface area contributed by atoms with Crippen molar-refractivity contribution in [1.29, 1.82) is 0 Å². The molecule has 0 aliphatic heterocycles. The van der Waals surface area contributed by atoms with Crippen LogP contribution < -0.4 is 4.74 Å². The number of H-pyrrole nitrogens is 1. The number of imidazole rings is 1. The molecule has 0 amide bonds. The Balaban J connectivity index is 1.48.